The molecule has 0 aliphatic carbocycles. The lowest BCUT2D eigenvalue weighted by molar-refractivity contribution is 0.508. The zero-order valence-corrected chi connectivity index (χ0v) is 10.2. The fraction of sp³-hybridized carbons (Fsp3) is 0. The van der Waals surface area contributed by atoms with E-state index in [0.717, 1.165) is 16.6 Å². The maximum absolute atomic E-state index is 12.9. The van der Waals surface area contributed by atoms with Gasteiger partial charge in [-0.2, -0.15) is 0 Å². The summed E-state index contributed by atoms with van der Waals surface area (Å²) in [5.41, 5.74) is 0.480. The molecular formula is C12H7BrF2N2. The van der Waals surface area contributed by atoms with Crippen molar-refractivity contribution in [3.8, 4) is 0 Å². The number of benzene rings is 1. The third-order valence-electron chi connectivity index (χ3n) is 2.00. The molecule has 1 aromatic carbocycles. The molecule has 0 spiro atoms. The molecule has 86 valence electrons. The van der Waals surface area contributed by atoms with Gasteiger partial charge in [0, 0.05) is 16.9 Å². The van der Waals surface area contributed by atoms with Crippen molar-refractivity contribution in [1.29, 1.82) is 0 Å². The Labute approximate surface area is 105 Å². The van der Waals surface area contributed by atoms with Gasteiger partial charge in [0.25, 0.3) is 0 Å². The molecule has 0 radical (unpaired) electrons. The van der Waals surface area contributed by atoms with Crippen LogP contribution in [0.5, 0.6) is 0 Å². The third kappa shape index (κ3) is 3.17. The summed E-state index contributed by atoms with van der Waals surface area (Å²) in [6.07, 6.45) is 3.04. The normalized spacial score (nSPS) is 11.0. The summed E-state index contributed by atoms with van der Waals surface area (Å²) >= 11 is 3.25. The topological polar surface area (TPSA) is 25.2 Å². The van der Waals surface area contributed by atoms with Crippen molar-refractivity contribution in [1.82, 2.24) is 4.98 Å². The second-order valence-electron chi connectivity index (χ2n) is 3.27. The highest BCUT2D eigenvalue weighted by molar-refractivity contribution is 9.10. The molecule has 5 heteroatoms. The van der Waals surface area contributed by atoms with Gasteiger partial charge in [-0.15, -0.1) is 0 Å². The van der Waals surface area contributed by atoms with Crippen LogP contribution in [0.4, 0.5) is 14.6 Å². The first-order valence-corrected chi connectivity index (χ1v) is 5.55. The number of halogens is 3. The molecule has 1 heterocycles. The van der Waals surface area contributed by atoms with Crippen LogP contribution in [0.3, 0.4) is 0 Å². The van der Waals surface area contributed by atoms with Gasteiger partial charge in [0.15, 0.2) is 17.5 Å². The van der Waals surface area contributed by atoms with Crippen molar-refractivity contribution >= 4 is 28.0 Å². The molecule has 0 N–H and O–H groups in total. The molecule has 0 aliphatic heterocycles. The average Bonchev–Trinajstić information content (AvgIpc) is 2.33. The fourth-order valence-corrected chi connectivity index (χ4v) is 1.41. The third-order valence-corrected chi connectivity index (χ3v) is 2.47. The molecule has 0 amide bonds. The lowest BCUT2D eigenvalue weighted by atomic mass is 10.2. The Morgan fingerprint density at radius 3 is 2.59 bits per heavy atom. The minimum absolute atomic E-state index is 0.480. The first-order chi connectivity index (χ1) is 8.15. The van der Waals surface area contributed by atoms with Gasteiger partial charge in [-0.25, -0.2) is 18.8 Å². The Bertz CT molecular complexity index is 553. The number of pyridine rings is 1. The molecule has 0 fully saturated rings. The van der Waals surface area contributed by atoms with Crippen LogP contribution in [0.25, 0.3) is 0 Å². The standard InChI is InChI=1S/C12H7BrF2N2/c13-9-2-4-12(17-7-9)16-6-8-1-3-10(14)11(15)5-8/h1-7H/b16-6+. The Kier molecular flexibility index (Phi) is 3.58. The molecule has 0 saturated heterocycles. The van der Waals surface area contributed by atoms with Crippen molar-refractivity contribution in [2.45, 2.75) is 0 Å². The predicted molar refractivity (Wildman–Crippen MR) is 65.5 cm³/mol. The van der Waals surface area contributed by atoms with Crippen molar-refractivity contribution in [2.24, 2.45) is 4.99 Å². The van der Waals surface area contributed by atoms with Crippen LogP contribution in [0, 0.1) is 11.6 Å². The Morgan fingerprint density at radius 1 is 1.12 bits per heavy atom. The van der Waals surface area contributed by atoms with E-state index in [1.165, 1.54) is 12.3 Å². The number of hydrogen-bond donors (Lipinski definition) is 0. The molecular weight excluding hydrogens is 290 g/mol. The zero-order chi connectivity index (χ0) is 12.3. The van der Waals surface area contributed by atoms with Gasteiger partial charge in [-0.05, 0) is 45.8 Å². The van der Waals surface area contributed by atoms with Crippen LogP contribution in [0.15, 0.2) is 46.0 Å². The van der Waals surface area contributed by atoms with Crippen molar-refractivity contribution in [3.05, 3.63) is 58.2 Å². The van der Waals surface area contributed by atoms with E-state index in [4.69, 9.17) is 0 Å². The second-order valence-corrected chi connectivity index (χ2v) is 4.18. The SMILES string of the molecule is Fc1ccc(/C=N/c2ccc(Br)cn2)cc1F. The summed E-state index contributed by atoms with van der Waals surface area (Å²) in [4.78, 5) is 8.06. The molecule has 2 rings (SSSR count). The Morgan fingerprint density at radius 2 is 1.94 bits per heavy atom. The van der Waals surface area contributed by atoms with Crippen LogP contribution in [-0.2, 0) is 0 Å². The van der Waals surface area contributed by atoms with Crippen LogP contribution < -0.4 is 0 Å². The monoisotopic (exact) mass is 296 g/mol. The van der Waals surface area contributed by atoms with Gasteiger partial charge in [0.2, 0.25) is 0 Å². The molecule has 0 saturated carbocycles. The first-order valence-electron chi connectivity index (χ1n) is 4.76. The first kappa shape index (κ1) is 11.9. The van der Waals surface area contributed by atoms with Crippen molar-refractivity contribution in [3.63, 3.8) is 0 Å². The summed E-state index contributed by atoms with van der Waals surface area (Å²) in [6.45, 7) is 0. The summed E-state index contributed by atoms with van der Waals surface area (Å²) in [6, 6.07) is 7.09. The number of rotatable bonds is 2. The molecule has 17 heavy (non-hydrogen) atoms. The summed E-state index contributed by atoms with van der Waals surface area (Å²) in [7, 11) is 0. The van der Waals surface area contributed by atoms with E-state index in [9.17, 15) is 8.78 Å². The zero-order valence-electron chi connectivity index (χ0n) is 8.57. The molecule has 2 aromatic rings. The predicted octanol–water partition coefficient (Wildman–Crippen LogP) is 3.87. The molecule has 0 atom stereocenters. The maximum atomic E-state index is 12.9. The van der Waals surface area contributed by atoms with Crippen LogP contribution in [0.1, 0.15) is 5.56 Å². The summed E-state index contributed by atoms with van der Waals surface area (Å²) in [5, 5.41) is 0. The quantitative estimate of drug-likeness (QED) is 0.772. The Hall–Kier alpha value is -1.62. The van der Waals surface area contributed by atoms with Crippen LogP contribution >= 0.6 is 15.9 Å². The number of nitrogens with zero attached hydrogens (tertiary/aromatic N) is 2. The van der Waals surface area contributed by atoms with E-state index < -0.39 is 11.6 Å². The van der Waals surface area contributed by atoms with E-state index in [0.29, 0.717) is 11.4 Å². The van der Waals surface area contributed by atoms with Gasteiger partial charge in [0.05, 0.1) is 0 Å². The van der Waals surface area contributed by atoms with E-state index in [2.05, 4.69) is 25.9 Å². The highest BCUT2D eigenvalue weighted by Gasteiger charge is 2.00. The molecule has 1 aromatic heterocycles. The van der Waals surface area contributed by atoms with Crippen molar-refractivity contribution < 1.29 is 8.78 Å². The highest BCUT2D eigenvalue weighted by Crippen LogP contribution is 2.13. The van der Waals surface area contributed by atoms with Crippen LogP contribution in [0.2, 0.25) is 0 Å². The maximum Gasteiger partial charge on any atom is 0.159 e. The molecule has 2 nitrogen and oxygen atoms in total. The smallest absolute Gasteiger partial charge is 0.159 e. The van der Waals surface area contributed by atoms with Gasteiger partial charge in [0.1, 0.15) is 0 Å². The van der Waals surface area contributed by atoms with Crippen molar-refractivity contribution in [2.75, 3.05) is 0 Å². The van der Waals surface area contributed by atoms with E-state index in [1.807, 2.05) is 0 Å². The summed E-state index contributed by atoms with van der Waals surface area (Å²) < 4.78 is 26.4. The highest BCUT2D eigenvalue weighted by atomic mass is 79.9. The van der Waals surface area contributed by atoms with E-state index in [-0.39, 0.29) is 0 Å². The number of aliphatic imine (C=N–C) groups is 1. The lowest BCUT2D eigenvalue weighted by Crippen LogP contribution is -1.87. The summed E-state index contributed by atoms with van der Waals surface area (Å²) in [5.74, 6) is -1.26. The van der Waals surface area contributed by atoms with Gasteiger partial charge in [-0.1, -0.05) is 6.07 Å². The molecule has 0 unspecified atom stereocenters. The minimum atomic E-state index is -0.891. The molecule has 0 bridgehead atoms. The average molecular weight is 297 g/mol. The largest absolute Gasteiger partial charge is 0.237 e. The lowest BCUT2D eigenvalue weighted by Gasteiger charge is -1.95. The minimum Gasteiger partial charge on any atom is -0.237 e. The van der Waals surface area contributed by atoms with Gasteiger partial charge >= 0.3 is 0 Å². The van der Waals surface area contributed by atoms with Crippen LogP contribution in [-0.4, -0.2) is 11.2 Å². The number of hydrogen-bond acceptors (Lipinski definition) is 2. The van der Waals surface area contributed by atoms with Gasteiger partial charge in [-0.3, -0.25) is 0 Å². The second kappa shape index (κ2) is 5.14. The van der Waals surface area contributed by atoms with Gasteiger partial charge < -0.3 is 0 Å². The van der Waals surface area contributed by atoms with E-state index in [1.54, 1.807) is 18.3 Å². The van der Waals surface area contributed by atoms with E-state index >= 15 is 0 Å². The Balaban J connectivity index is 2.20. The molecule has 0 aliphatic rings. The fourth-order valence-electron chi connectivity index (χ4n) is 1.18. The number of aromatic nitrogens is 1.